The second-order valence-corrected chi connectivity index (χ2v) is 11.1. The molecule has 4 aliphatic heterocycles. The van der Waals surface area contributed by atoms with Gasteiger partial charge in [0.1, 0.15) is 11.2 Å². The summed E-state index contributed by atoms with van der Waals surface area (Å²) in [6.45, 7) is 11.3. The van der Waals surface area contributed by atoms with Crippen LogP contribution in [-0.2, 0) is 9.47 Å². The lowest BCUT2D eigenvalue weighted by Gasteiger charge is -2.25. The summed E-state index contributed by atoms with van der Waals surface area (Å²) in [6.07, 6.45) is 6.35. The van der Waals surface area contributed by atoms with Crippen molar-refractivity contribution in [3.8, 4) is 0 Å². The molecule has 0 aliphatic carbocycles. The molecule has 4 N–H and O–H groups in total. The molecule has 4 fully saturated rings. The van der Waals surface area contributed by atoms with Crippen molar-refractivity contribution in [2.75, 3.05) is 0 Å². The van der Waals surface area contributed by atoms with Crippen molar-refractivity contribution in [1.29, 1.82) is 0 Å². The van der Waals surface area contributed by atoms with Crippen LogP contribution in [0.4, 0.5) is 9.59 Å². The van der Waals surface area contributed by atoms with Crippen LogP contribution in [0.2, 0.25) is 0 Å². The van der Waals surface area contributed by atoms with Gasteiger partial charge in [-0.15, -0.1) is 0 Å². The van der Waals surface area contributed by atoms with Gasteiger partial charge in [-0.05, 0) is 80.1 Å². The smallest absolute Gasteiger partial charge is 0.407 e. The molecular weight excluding hydrogens is 384 g/mol. The predicted molar refractivity (Wildman–Crippen MR) is 115 cm³/mol. The van der Waals surface area contributed by atoms with Gasteiger partial charge in [0, 0.05) is 36.3 Å². The van der Waals surface area contributed by atoms with Gasteiger partial charge in [0.25, 0.3) is 0 Å². The van der Waals surface area contributed by atoms with E-state index in [0.29, 0.717) is 24.2 Å². The predicted octanol–water partition coefficient (Wildman–Crippen LogP) is 2.81. The zero-order valence-electron chi connectivity index (χ0n) is 19.3. The van der Waals surface area contributed by atoms with Gasteiger partial charge >= 0.3 is 12.2 Å². The summed E-state index contributed by atoms with van der Waals surface area (Å²) in [6, 6.07) is 2.66. The Hall–Kier alpha value is -1.54. The van der Waals surface area contributed by atoms with Crippen LogP contribution in [-0.4, -0.2) is 59.6 Å². The summed E-state index contributed by atoms with van der Waals surface area (Å²) < 4.78 is 10.5. The molecule has 0 spiro atoms. The number of fused-ring (bicyclic) bond motifs is 4. The normalized spacial score (nSPS) is 34.2. The molecular formula is C22H40N4O4. The minimum absolute atomic E-state index is 0.263. The third-order valence-corrected chi connectivity index (χ3v) is 6.00. The quantitative estimate of drug-likeness (QED) is 0.544. The van der Waals surface area contributed by atoms with Crippen LogP contribution in [0.15, 0.2) is 0 Å². The molecule has 4 bridgehead atoms. The summed E-state index contributed by atoms with van der Waals surface area (Å²) in [4.78, 5) is 23.1. The van der Waals surface area contributed by atoms with Gasteiger partial charge < -0.3 is 30.7 Å². The van der Waals surface area contributed by atoms with E-state index in [1.54, 1.807) is 0 Å². The van der Waals surface area contributed by atoms with Gasteiger partial charge in [0.2, 0.25) is 0 Å². The molecule has 4 heterocycles. The summed E-state index contributed by atoms with van der Waals surface area (Å²) in [5.74, 6) is 0. The standard InChI is InChI=1S/2C11H20N2O2/c2*1-11(2,3)15-10(14)13-9-6-7-4-5-8(9)12-7/h2*7-9,12H,4-6H2,1-3H3,(H,13,14)/t2*7-,8+,9+/m10/s1. The first kappa shape index (κ1) is 23.1. The highest BCUT2D eigenvalue weighted by molar-refractivity contribution is 5.68. The number of amides is 2. The van der Waals surface area contributed by atoms with E-state index in [1.165, 1.54) is 25.7 Å². The third-order valence-electron chi connectivity index (χ3n) is 6.00. The van der Waals surface area contributed by atoms with Gasteiger partial charge in [0.15, 0.2) is 0 Å². The second kappa shape index (κ2) is 8.91. The average Bonchev–Trinajstić information content (AvgIpc) is 3.32. The lowest BCUT2D eigenvalue weighted by atomic mass is 9.96. The number of carbonyl (C=O) groups is 2. The lowest BCUT2D eigenvalue weighted by Crippen LogP contribution is -2.45. The number of hydrogen-bond donors (Lipinski definition) is 4. The topological polar surface area (TPSA) is 101 Å². The first-order valence-corrected chi connectivity index (χ1v) is 11.4. The molecule has 2 amide bonds. The lowest BCUT2D eigenvalue weighted by molar-refractivity contribution is 0.0485. The van der Waals surface area contributed by atoms with Crippen molar-refractivity contribution in [3.05, 3.63) is 0 Å². The number of alkyl carbamates (subject to hydrolysis) is 2. The van der Waals surface area contributed by atoms with Gasteiger partial charge in [-0.1, -0.05) is 0 Å². The molecule has 30 heavy (non-hydrogen) atoms. The van der Waals surface area contributed by atoms with Crippen LogP contribution in [0.5, 0.6) is 0 Å². The molecule has 0 aromatic rings. The Morgan fingerprint density at radius 3 is 1.30 bits per heavy atom. The Labute approximate surface area is 180 Å². The van der Waals surface area contributed by atoms with Crippen molar-refractivity contribution < 1.29 is 19.1 Å². The molecule has 8 heteroatoms. The molecule has 4 saturated heterocycles. The van der Waals surface area contributed by atoms with E-state index in [1.807, 2.05) is 41.5 Å². The van der Waals surface area contributed by atoms with E-state index in [-0.39, 0.29) is 24.3 Å². The van der Waals surface area contributed by atoms with E-state index < -0.39 is 11.2 Å². The van der Waals surface area contributed by atoms with Crippen LogP contribution >= 0.6 is 0 Å². The molecule has 4 rings (SSSR count). The minimum Gasteiger partial charge on any atom is -0.444 e. The van der Waals surface area contributed by atoms with Crippen molar-refractivity contribution in [1.82, 2.24) is 21.3 Å². The first-order valence-electron chi connectivity index (χ1n) is 11.4. The average molecular weight is 425 g/mol. The fraction of sp³-hybridized carbons (Fsp3) is 0.909. The zero-order chi connectivity index (χ0) is 22.1. The highest BCUT2D eigenvalue weighted by Crippen LogP contribution is 2.29. The molecule has 0 unspecified atom stereocenters. The summed E-state index contributed by atoms with van der Waals surface area (Å²) >= 11 is 0. The molecule has 0 saturated carbocycles. The van der Waals surface area contributed by atoms with Crippen LogP contribution in [0.1, 0.15) is 80.1 Å². The van der Waals surface area contributed by atoms with Gasteiger partial charge in [-0.25, -0.2) is 9.59 Å². The number of rotatable bonds is 2. The van der Waals surface area contributed by atoms with Crippen molar-refractivity contribution in [3.63, 3.8) is 0 Å². The van der Waals surface area contributed by atoms with E-state index in [4.69, 9.17) is 9.47 Å². The van der Waals surface area contributed by atoms with E-state index in [2.05, 4.69) is 21.3 Å². The fourth-order valence-corrected chi connectivity index (χ4v) is 4.89. The van der Waals surface area contributed by atoms with Gasteiger partial charge in [-0.3, -0.25) is 0 Å². The molecule has 6 atom stereocenters. The highest BCUT2D eigenvalue weighted by Gasteiger charge is 2.41. The Bertz CT molecular complexity index is 574. The minimum atomic E-state index is -0.408. The van der Waals surface area contributed by atoms with Gasteiger partial charge in [-0.2, -0.15) is 0 Å². The highest BCUT2D eigenvalue weighted by atomic mass is 16.6. The molecule has 172 valence electrons. The first-order chi connectivity index (χ1) is 13.9. The zero-order valence-corrected chi connectivity index (χ0v) is 19.3. The molecule has 8 nitrogen and oxygen atoms in total. The number of hydrogen-bond acceptors (Lipinski definition) is 6. The van der Waals surface area contributed by atoms with E-state index in [0.717, 1.165) is 12.8 Å². The summed E-state index contributed by atoms with van der Waals surface area (Å²) in [5.41, 5.74) is -0.815. The second-order valence-electron chi connectivity index (χ2n) is 11.1. The molecule has 0 aromatic heterocycles. The van der Waals surface area contributed by atoms with Crippen LogP contribution in [0, 0.1) is 0 Å². The number of nitrogens with one attached hydrogen (secondary N) is 4. The molecule has 4 aliphatic rings. The maximum absolute atomic E-state index is 11.5. The van der Waals surface area contributed by atoms with E-state index >= 15 is 0 Å². The van der Waals surface area contributed by atoms with Crippen LogP contribution < -0.4 is 21.3 Å². The summed E-state index contributed by atoms with van der Waals surface area (Å²) in [5, 5.41) is 12.8. The van der Waals surface area contributed by atoms with Crippen molar-refractivity contribution in [2.24, 2.45) is 0 Å². The Balaban J connectivity index is 0.000000171. The fourth-order valence-electron chi connectivity index (χ4n) is 4.89. The van der Waals surface area contributed by atoms with Gasteiger partial charge in [0.05, 0.1) is 0 Å². The number of ether oxygens (including phenoxy) is 2. The van der Waals surface area contributed by atoms with Crippen molar-refractivity contribution in [2.45, 2.75) is 128 Å². The largest absolute Gasteiger partial charge is 0.444 e. The monoisotopic (exact) mass is 424 g/mol. The third kappa shape index (κ3) is 6.74. The number of carbonyl (C=O) groups excluding carboxylic acids is 2. The maximum Gasteiger partial charge on any atom is 0.407 e. The maximum atomic E-state index is 11.5. The summed E-state index contributed by atoms with van der Waals surface area (Å²) in [7, 11) is 0. The Kier molecular flexibility index (Phi) is 6.87. The van der Waals surface area contributed by atoms with Crippen molar-refractivity contribution >= 4 is 12.2 Å². The Morgan fingerprint density at radius 1 is 0.700 bits per heavy atom. The Morgan fingerprint density at radius 2 is 1.07 bits per heavy atom. The molecule has 0 aromatic carbocycles. The SMILES string of the molecule is CC(C)(C)OC(=O)N[C@@H]1C[C@@H]2CC[C@H]1N2.CC(C)(C)OC(=O)N[C@H]1C[C@H]2CC[C@@H]1N2. The van der Waals surface area contributed by atoms with E-state index in [9.17, 15) is 9.59 Å². The van der Waals surface area contributed by atoms with Crippen LogP contribution in [0.3, 0.4) is 0 Å². The van der Waals surface area contributed by atoms with Crippen LogP contribution in [0.25, 0.3) is 0 Å². The molecule has 0 radical (unpaired) electrons.